The molecule has 2 aromatic carbocycles. The van der Waals surface area contributed by atoms with Gasteiger partial charge in [0.15, 0.2) is 11.5 Å². The van der Waals surface area contributed by atoms with Gasteiger partial charge in [0, 0.05) is 37.6 Å². The van der Waals surface area contributed by atoms with Crippen LogP contribution in [-0.2, 0) is 13.1 Å². The lowest BCUT2D eigenvalue weighted by molar-refractivity contribution is -0.385. The van der Waals surface area contributed by atoms with Crippen molar-refractivity contribution in [1.29, 1.82) is 0 Å². The van der Waals surface area contributed by atoms with E-state index in [0.717, 1.165) is 30.8 Å². The van der Waals surface area contributed by atoms with Crippen LogP contribution in [0.15, 0.2) is 60.8 Å². The molecule has 0 aliphatic carbocycles. The van der Waals surface area contributed by atoms with E-state index < -0.39 is 0 Å². The van der Waals surface area contributed by atoms with E-state index in [1.54, 1.807) is 26.4 Å². The van der Waals surface area contributed by atoms with Crippen molar-refractivity contribution in [1.82, 2.24) is 9.47 Å². The molecule has 0 N–H and O–H groups in total. The Morgan fingerprint density at radius 1 is 1.03 bits per heavy atom. The van der Waals surface area contributed by atoms with Crippen molar-refractivity contribution < 1.29 is 14.4 Å². The Kier molecular flexibility index (Phi) is 5.72. The molecule has 156 valence electrons. The van der Waals surface area contributed by atoms with Gasteiger partial charge in [-0.05, 0) is 36.2 Å². The Morgan fingerprint density at radius 3 is 2.60 bits per heavy atom. The van der Waals surface area contributed by atoms with E-state index in [0.29, 0.717) is 23.6 Å². The molecule has 1 aromatic heterocycles. The molecule has 0 saturated heterocycles. The molecule has 3 aromatic rings. The number of nitro groups is 1. The molecule has 4 rings (SSSR count). The molecule has 1 atom stereocenters. The van der Waals surface area contributed by atoms with Crippen LogP contribution in [0.4, 0.5) is 5.69 Å². The number of ether oxygens (including phenoxy) is 2. The number of aromatic nitrogens is 1. The summed E-state index contributed by atoms with van der Waals surface area (Å²) in [5.74, 6) is 1.36. The zero-order valence-electron chi connectivity index (χ0n) is 17.2. The predicted octanol–water partition coefficient (Wildman–Crippen LogP) is 4.41. The molecule has 0 bridgehead atoms. The first-order valence-electron chi connectivity index (χ1n) is 9.95. The van der Waals surface area contributed by atoms with Crippen LogP contribution in [0.2, 0.25) is 0 Å². The third-order valence-corrected chi connectivity index (χ3v) is 5.62. The molecule has 0 radical (unpaired) electrons. The minimum atomic E-state index is -0.290. The molecule has 0 fully saturated rings. The lowest BCUT2D eigenvalue weighted by Crippen LogP contribution is -2.30. The lowest BCUT2D eigenvalue weighted by atomic mass is 9.99. The molecular formula is C23H25N3O4. The van der Waals surface area contributed by atoms with Gasteiger partial charge in [-0.2, -0.15) is 0 Å². The van der Waals surface area contributed by atoms with Gasteiger partial charge in [0.2, 0.25) is 0 Å². The van der Waals surface area contributed by atoms with Crippen LogP contribution in [0, 0.1) is 10.1 Å². The normalized spacial score (nSPS) is 16.5. The first-order chi connectivity index (χ1) is 14.6. The molecule has 2 heterocycles. The van der Waals surface area contributed by atoms with Gasteiger partial charge >= 0.3 is 0 Å². The molecule has 7 heteroatoms. The molecule has 0 amide bonds. The highest BCUT2D eigenvalue weighted by Gasteiger charge is 2.32. The largest absolute Gasteiger partial charge is 0.493 e. The Balaban J connectivity index is 1.77. The van der Waals surface area contributed by atoms with Gasteiger partial charge in [0.05, 0.1) is 30.7 Å². The Hall–Kier alpha value is -3.32. The standard InChI is InChI=1S/C23H25N3O4/c1-29-21-11-10-17(15-22(21)30-2)16-25-14-6-13-24-12-5-9-20(24)23(25)18-7-3-4-8-19(18)26(27)28/h3-5,7-12,15,23H,6,13-14,16H2,1-2H3. The highest BCUT2D eigenvalue weighted by Crippen LogP contribution is 2.38. The third kappa shape index (κ3) is 3.76. The van der Waals surface area contributed by atoms with Crippen LogP contribution in [0.3, 0.4) is 0 Å². The summed E-state index contributed by atoms with van der Waals surface area (Å²) in [5.41, 5.74) is 3.00. The van der Waals surface area contributed by atoms with E-state index in [1.807, 2.05) is 36.4 Å². The predicted molar refractivity (Wildman–Crippen MR) is 114 cm³/mol. The van der Waals surface area contributed by atoms with Crippen molar-refractivity contribution in [2.24, 2.45) is 0 Å². The maximum atomic E-state index is 11.8. The van der Waals surface area contributed by atoms with Gasteiger partial charge in [-0.25, -0.2) is 0 Å². The minimum absolute atomic E-state index is 0.148. The fourth-order valence-electron chi connectivity index (χ4n) is 4.26. The monoisotopic (exact) mass is 407 g/mol. The van der Waals surface area contributed by atoms with Crippen molar-refractivity contribution in [2.45, 2.75) is 25.6 Å². The molecular weight excluding hydrogens is 382 g/mol. The average Bonchev–Trinajstić information content (AvgIpc) is 3.15. The topological polar surface area (TPSA) is 69.8 Å². The zero-order chi connectivity index (χ0) is 21.1. The van der Waals surface area contributed by atoms with Crippen molar-refractivity contribution in [3.8, 4) is 11.5 Å². The summed E-state index contributed by atoms with van der Waals surface area (Å²) in [6.07, 6.45) is 3.02. The Morgan fingerprint density at radius 2 is 1.83 bits per heavy atom. The van der Waals surface area contributed by atoms with Crippen LogP contribution >= 0.6 is 0 Å². The summed E-state index contributed by atoms with van der Waals surface area (Å²) in [6, 6.07) is 16.8. The van der Waals surface area contributed by atoms with Crippen LogP contribution in [0.25, 0.3) is 0 Å². The second kappa shape index (κ2) is 8.59. The molecule has 1 aliphatic heterocycles. The van der Waals surface area contributed by atoms with Crippen molar-refractivity contribution in [3.63, 3.8) is 0 Å². The average molecular weight is 407 g/mol. The number of nitro benzene ring substituents is 1. The van der Waals surface area contributed by atoms with Crippen LogP contribution in [0.5, 0.6) is 11.5 Å². The van der Waals surface area contributed by atoms with E-state index in [1.165, 1.54) is 0 Å². The second-order valence-electron chi connectivity index (χ2n) is 7.36. The highest BCUT2D eigenvalue weighted by molar-refractivity contribution is 5.46. The summed E-state index contributed by atoms with van der Waals surface area (Å²) in [5, 5.41) is 11.8. The Bertz CT molecular complexity index is 1050. The maximum absolute atomic E-state index is 11.8. The van der Waals surface area contributed by atoms with Gasteiger partial charge in [-0.1, -0.05) is 24.3 Å². The zero-order valence-corrected chi connectivity index (χ0v) is 17.2. The van der Waals surface area contributed by atoms with Gasteiger partial charge in [0.25, 0.3) is 5.69 Å². The van der Waals surface area contributed by atoms with E-state index in [2.05, 4.69) is 21.7 Å². The fourth-order valence-corrected chi connectivity index (χ4v) is 4.26. The second-order valence-corrected chi connectivity index (χ2v) is 7.36. The van der Waals surface area contributed by atoms with E-state index in [9.17, 15) is 10.1 Å². The summed E-state index contributed by atoms with van der Waals surface area (Å²) < 4.78 is 13.0. The number of para-hydroxylation sites is 1. The number of hydrogen-bond donors (Lipinski definition) is 0. The smallest absolute Gasteiger partial charge is 0.274 e. The number of methoxy groups -OCH3 is 2. The SMILES string of the molecule is COc1ccc(CN2CCCn3cccc3C2c2ccccc2[N+](=O)[O-])cc1OC. The van der Waals surface area contributed by atoms with Crippen molar-refractivity contribution >= 4 is 5.69 Å². The van der Waals surface area contributed by atoms with Crippen LogP contribution in [0.1, 0.15) is 29.3 Å². The first kappa shape index (κ1) is 20.0. The molecule has 30 heavy (non-hydrogen) atoms. The van der Waals surface area contributed by atoms with E-state index in [-0.39, 0.29) is 16.7 Å². The van der Waals surface area contributed by atoms with E-state index in [4.69, 9.17) is 9.47 Å². The quantitative estimate of drug-likeness (QED) is 0.447. The van der Waals surface area contributed by atoms with Gasteiger partial charge in [0.1, 0.15) is 0 Å². The van der Waals surface area contributed by atoms with Gasteiger partial charge in [-0.15, -0.1) is 0 Å². The number of rotatable bonds is 6. The molecule has 1 aliphatic rings. The third-order valence-electron chi connectivity index (χ3n) is 5.62. The molecule has 7 nitrogen and oxygen atoms in total. The minimum Gasteiger partial charge on any atom is -0.493 e. The maximum Gasteiger partial charge on any atom is 0.274 e. The van der Waals surface area contributed by atoms with Crippen LogP contribution < -0.4 is 9.47 Å². The summed E-state index contributed by atoms with van der Waals surface area (Å²) in [4.78, 5) is 13.8. The first-order valence-corrected chi connectivity index (χ1v) is 9.95. The van der Waals surface area contributed by atoms with Gasteiger partial charge in [-0.3, -0.25) is 15.0 Å². The number of nitrogens with zero attached hydrogens (tertiary/aromatic N) is 3. The summed E-state index contributed by atoms with van der Waals surface area (Å²) in [6.45, 7) is 2.36. The van der Waals surface area contributed by atoms with Crippen molar-refractivity contribution in [3.05, 3.63) is 87.7 Å². The molecule has 0 saturated carbocycles. The fraction of sp³-hybridized carbons (Fsp3) is 0.304. The Labute approximate surface area is 175 Å². The van der Waals surface area contributed by atoms with Gasteiger partial charge < -0.3 is 14.0 Å². The summed E-state index contributed by atoms with van der Waals surface area (Å²) >= 11 is 0. The number of hydrogen-bond acceptors (Lipinski definition) is 5. The van der Waals surface area contributed by atoms with E-state index >= 15 is 0 Å². The number of benzene rings is 2. The highest BCUT2D eigenvalue weighted by atomic mass is 16.6. The number of fused-ring (bicyclic) bond motifs is 1. The lowest BCUT2D eigenvalue weighted by Gasteiger charge is -2.30. The van der Waals surface area contributed by atoms with Crippen molar-refractivity contribution in [2.75, 3.05) is 20.8 Å². The summed E-state index contributed by atoms with van der Waals surface area (Å²) in [7, 11) is 3.24. The van der Waals surface area contributed by atoms with Crippen LogP contribution in [-0.4, -0.2) is 35.2 Å². The molecule has 0 spiro atoms. The number of aryl methyl sites for hydroxylation is 1. The molecule has 1 unspecified atom stereocenters.